The predicted octanol–water partition coefficient (Wildman–Crippen LogP) is 3.50. The van der Waals surface area contributed by atoms with E-state index in [1.165, 1.54) is 16.4 Å². The minimum atomic E-state index is -3.22. The summed E-state index contributed by atoms with van der Waals surface area (Å²) in [7, 11) is -3.22. The molecule has 2 aliphatic rings. The van der Waals surface area contributed by atoms with Gasteiger partial charge in [0.2, 0.25) is 15.9 Å². The van der Waals surface area contributed by atoms with Crippen molar-refractivity contribution in [3.8, 4) is 0 Å². The number of halogens is 1. The topological polar surface area (TPSA) is 66.5 Å². The zero-order valence-corrected chi connectivity index (χ0v) is 15.6. The van der Waals surface area contributed by atoms with Gasteiger partial charge in [0.25, 0.3) is 0 Å². The molecule has 1 amide bonds. The SMILES string of the molecule is O=C(Nc1ccc(N2CCCS2(=O)=O)cc1)C(c1ccc(F)cc1)C1CC1. The highest BCUT2D eigenvalue weighted by atomic mass is 32.2. The molecule has 142 valence electrons. The summed E-state index contributed by atoms with van der Waals surface area (Å²) in [6.45, 7) is 0.488. The van der Waals surface area contributed by atoms with Crippen LogP contribution in [0.4, 0.5) is 15.8 Å². The van der Waals surface area contributed by atoms with Crippen molar-refractivity contribution in [1.29, 1.82) is 0 Å². The Morgan fingerprint density at radius 1 is 1.07 bits per heavy atom. The lowest BCUT2D eigenvalue weighted by Gasteiger charge is -2.19. The van der Waals surface area contributed by atoms with E-state index in [2.05, 4.69) is 5.32 Å². The van der Waals surface area contributed by atoms with Crippen molar-refractivity contribution >= 4 is 27.3 Å². The Bertz CT molecular complexity index is 938. The molecule has 0 bridgehead atoms. The van der Waals surface area contributed by atoms with Crippen LogP contribution >= 0.6 is 0 Å². The van der Waals surface area contributed by atoms with Crippen LogP contribution in [0.15, 0.2) is 48.5 Å². The molecule has 1 saturated carbocycles. The Morgan fingerprint density at radius 2 is 1.74 bits per heavy atom. The van der Waals surface area contributed by atoms with Crippen LogP contribution < -0.4 is 9.62 Å². The molecule has 7 heteroatoms. The lowest BCUT2D eigenvalue weighted by Crippen LogP contribution is -2.25. The van der Waals surface area contributed by atoms with Gasteiger partial charge in [0.1, 0.15) is 5.82 Å². The first-order valence-corrected chi connectivity index (χ1v) is 10.7. The second kappa shape index (κ2) is 6.96. The van der Waals surface area contributed by atoms with Crippen LogP contribution in [0.3, 0.4) is 0 Å². The second-order valence-corrected chi connectivity index (χ2v) is 9.16. The summed E-state index contributed by atoms with van der Waals surface area (Å²) < 4.78 is 38.6. The average molecular weight is 388 g/mol. The number of hydrogen-bond donors (Lipinski definition) is 1. The highest BCUT2D eigenvalue weighted by molar-refractivity contribution is 7.93. The van der Waals surface area contributed by atoms with Crippen molar-refractivity contribution in [1.82, 2.24) is 0 Å². The van der Waals surface area contributed by atoms with Gasteiger partial charge in [-0.15, -0.1) is 0 Å². The van der Waals surface area contributed by atoms with Gasteiger partial charge in [-0.1, -0.05) is 12.1 Å². The number of benzene rings is 2. The fraction of sp³-hybridized carbons (Fsp3) is 0.350. The van der Waals surface area contributed by atoms with E-state index in [4.69, 9.17) is 0 Å². The minimum Gasteiger partial charge on any atom is -0.326 e. The van der Waals surface area contributed by atoms with E-state index in [0.717, 1.165) is 18.4 Å². The standard InChI is InChI=1S/C20H21FN2O3S/c21-16-6-4-15(5-7-16)19(14-2-3-14)20(24)22-17-8-10-18(11-9-17)23-12-1-13-27(23,25)26/h4-11,14,19H,1-3,12-13H2,(H,22,24). The lowest BCUT2D eigenvalue weighted by molar-refractivity contribution is -0.118. The average Bonchev–Trinajstić information content (AvgIpc) is 3.40. The Balaban J connectivity index is 1.49. The van der Waals surface area contributed by atoms with Gasteiger partial charge in [-0.05, 0) is 67.1 Å². The summed E-state index contributed by atoms with van der Waals surface area (Å²) >= 11 is 0. The molecule has 27 heavy (non-hydrogen) atoms. The Labute approximate surface area is 158 Å². The van der Waals surface area contributed by atoms with Gasteiger partial charge in [-0.25, -0.2) is 12.8 Å². The van der Waals surface area contributed by atoms with Crippen molar-refractivity contribution < 1.29 is 17.6 Å². The molecule has 0 radical (unpaired) electrons. The maximum Gasteiger partial charge on any atom is 0.235 e. The van der Waals surface area contributed by atoms with Gasteiger partial charge in [0.05, 0.1) is 17.4 Å². The van der Waals surface area contributed by atoms with Crippen LogP contribution in [0.2, 0.25) is 0 Å². The van der Waals surface area contributed by atoms with Gasteiger partial charge in [-0.3, -0.25) is 9.10 Å². The highest BCUT2D eigenvalue weighted by Crippen LogP contribution is 2.43. The summed E-state index contributed by atoms with van der Waals surface area (Å²) in [6, 6.07) is 12.9. The first-order chi connectivity index (χ1) is 12.9. The fourth-order valence-electron chi connectivity index (χ4n) is 3.60. The van der Waals surface area contributed by atoms with Crippen molar-refractivity contribution in [2.24, 2.45) is 5.92 Å². The number of nitrogens with one attached hydrogen (secondary N) is 1. The molecule has 5 nitrogen and oxygen atoms in total. The van der Waals surface area contributed by atoms with Crippen LogP contribution in [0, 0.1) is 11.7 Å². The number of rotatable bonds is 5. The monoisotopic (exact) mass is 388 g/mol. The number of carbonyl (C=O) groups excluding carboxylic acids is 1. The molecule has 4 rings (SSSR count). The Kier molecular flexibility index (Phi) is 4.63. The number of carbonyl (C=O) groups is 1. The van der Waals surface area contributed by atoms with Gasteiger partial charge in [-0.2, -0.15) is 0 Å². The lowest BCUT2D eigenvalue weighted by atomic mass is 9.93. The number of nitrogens with zero attached hydrogens (tertiary/aromatic N) is 1. The highest BCUT2D eigenvalue weighted by Gasteiger charge is 2.37. The minimum absolute atomic E-state index is 0.120. The molecule has 0 aromatic heterocycles. The maximum absolute atomic E-state index is 13.2. The number of amides is 1. The molecule has 1 aliphatic heterocycles. The molecule has 2 aromatic carbocycles. The molecule has 2 aromatic rings. The van der Waals surface area contributed by atoms with E-state index in [1.54, 1.807) is 36.4 Å². The molecule has 1 N–H and O–H groups in total. The molecular weight excluding hydrogens is 367 g/mol. The molecule has 0 spiro atoms. The zero-order valence-electron chi connectivity index (χ0n) is 14.8. The number of hydrogen-bond acceptors (Lipinski definition) is 3. The summed E-state index contributed by atoms with van der Waals surface area (Å²) in [4.78, 5) is 12.8. The van der Waals surface area contributed by atoms with Gasteiger partial charge >= 0.3 is 0 Å². The molecule has 2 fully saturated rings. The van der Waals surface area contributed by atoms with E-state index in [9.17, 15) is 17.6 Å². The van der Waals surface area contributed by atoms with Crippen molar-refractivity contribution in [2.75, 3.05) is 21.9 Å². The smallest absolute Gasteiger partial charge is 0.235 e. The third kappa shape index (κ3) is 3.83. The van der Waals surface area contributed by atoms with Crippen LogP contribution in [0.5, 0.6) is 0 Å². The molecule has 1 heterocycles. The van der Waals surface area contributed by atoms with Crippen molar-refractivity contribution in [3.05, 3.63) is 59.9 Å². The first kappa shape index (κ1) is 18.0. The van der Waals surface area contributed by atoms with E-state index in [-0.39, 0.29) is 29.3 Å². The van der Waals surface area contributed by atoms with Crippen molar-refractivity contribution in [2.45, 2.75) is 25.2 Å². The maximum atomic E-state index is 13.2. The molecule has 1 atom stereocenters. The van der Waals surface area contributed by atoms with Crippen LogP contribution in [-0.4, -0.2) is 26.6 Å². The summed E-state index contributed by atoms with van der Waals surface area (Å²) in [5, 5.41) is 2.91. The van der Waals surface area contributed by atoms with Crippen molar-refractivity contribution in [3.63, 3.8) is 0 Å². The van der Waals surface area contributed by atoms with E-state index < -0.39 is 10.0 Å². The van der Waals surface area contributed by atoms with E-state index in [0.29, 0.717) is 24.3 Å². The largest absolute Gasteiger partial charge is 0.326 e. The van der Waals surface area contributed by atoms with Crippen LogP contribution in [0.25, 0.3) is 0 Å². The first-order valence-electron chi connectivity index (χ1n) is 9.11. The third-order valence-corrected chi connectivity index (χ3v) is 7.00. The van der Waals surface area contributed by atoms with Gasteiger partial charge in [0.15, 0.2) is 0 Å². The fourth-order valence-corrected chi connectivity index (χ4v) is 5.16. The Hall–Kier alpha value is -2.41. The predicted molar refractivity (Wildman–Crippen MR) is 103 cm³/mol. The van der Waals surface area contributed by atoms with Crippen LogP contribution in [-0.2, 0) is 14.8 Å². The molecule has 1 aliphatic carbocycles. The number of sulfonamides is 1. The Morgan fingerprint density at radius 3 is 2.30 bits per heavy atom. The van der Waals surface area contributed by atoms with Crippen LogP contribution in [0.1, 0.15) is 30.7 Å². The second-order valence-electron chi connectivity index (χ2n) is 7.14. The van der Waals surface area contributed by atoms with Gasteiger partial charge in [0, 0.05) is 12.2 Å². The normalized spacial score (nSPS) is 19.7. The summed E-state index contributed by atoms with van der Waals surface area (Å²) in [5.41, 5.74) is 2.05. The molecule has 1 saturated heterocycles. The summed E-state index contributed by atoms with van der Waals surface area (Å²) in [5.74, 6) is -0.285. The summed E-state index contributed by atoms with van der Waals surface area (Å²) in [6.07, 6.45) is 2.60. The number of anilines is 2. The zero-order chi connectivity index (χ0) is 19.0. The quantitative estimate of drug-likeness (QED) is 0.853. The molecule has 1 unspecified atom stereocenters. The molecular formula is C20H21FN2O3S. The third-order valence-electron chi connectivity index (χ3n) is 5.13. The van der Waals surface area contributed by atoms with E-state index >= 15 is 0 Å². The van der Waals surface area contributed by atoms with Gasteiger partial charge < -0.3 is 5.32 Å². The van der Waals surface area contributed by atoms with E-state index in [1.807, 2.05) is 0 Å².